The van der Waals surface area contributed by atoms with Crippen molar-refractivity contribution in [2.45, 2.75) is 38.8 Å². The summed E-state index contributed by atoms with van der Waals surface area (Å²) in [5, 5.41) is 6.37. The number of anilines is 1. The zero-order valence-corrected chi connectivity index (χ0v) is 20.5. The second-order valence-electron chi connectivity index (χ2n) is 8.31. The van der Waals surface area contributed by atoms with Gasteiger partial charge in [0.25, 0.3) is 5.91 Å². The van der Waals surface area contributed by atoms with Gasteiger partial charge >= 0.3 is 0 Å². The minimum atomic E-state index is -0.198. The van der Waals surface area contributed by atoms with Crippen LogP contribution in [0.5, 0.6) is 5.75 Å². The third-order valence-electron chi connectivity index (χ3n) is 5.65. The van der Waals surface area contributed by atoms with Gasteiger partial charge in [0.1, 0.15) is 12.4 Å². The van der Waals surface area contributed by atoms with Crippen molar-refractivity contribution < 1.29 is 9.53 Å². The summed E-state index contributed by atoms with van der Waals surface area (Å²) in [5.74, 6) is 0.763. The van der Waals surface area contributed by atoms with Gasteiger partial charge in [-0.15, -0.1) is 6.58 Å². The molecule has 0 radical (unpaired) electrons. The first-order valence-corrected chi connectivity index (χ1v) is 12.4. The molecule has 4 nitrogen and oxygen atoms in total. The molecule has 1 amide bonds. The summed E-state index contributed by atoms with van der Waals surface area (Å²) in [7, 11) is 0. The standard InChI is InChI=1S/C29H30N2O2S/c1-4-6-24-17-23(13-16-26(24)33-19-22-9-7-20(3)8-10-22)18-27-28(32)31-29(34-27)30-25-14-11-21(5-2)12-15-25/h4,7-18,29-30H,1,5-6,19H2,2-3H3,(H,31,32)/b27-18-/t29-/m0/s1. The van der Waals surface area contributed by atoms with E-state index in [1.54, 1.807) is 0 Å². The lowest BCUT2D eigenvalue weighted by Crippen LogP contribution is -2.30. The van der Waals surface area contributed by atoms with E-state index in [1.165, 1.54) is 22.9 Å². The second-order valence-corrected chi connectivity index (χ2v) is 9.46. The number of rotatable bonds is 9. The van der Waals surface area contributed by atoms with Crippen molar-refractivity contribution in [1.82, 2.24) is 5.32 Å². The molecule has 0 spiro atoms. The number of nitrogens with one attached hydrogen (secondary N) is 2. The summed E-state index contributed by atoms with van der Waals surface area (Å²) in [6.07, 6.45) is 5.49. The fourth-order valence-corrected chi connectivity index (χ4v) is 4.68. The molecule has 1 saturated heterocycles. The number of carbonyl (C=O) groups excluding carboxylic acids is 1. The van der Waals surface area contributed by atoms with Crippen molar-refractivity contribution in [3.05, 3.63) is 112 Å². The largest absolute Gasteiger partial charge is 0.489 e. The normalized spacial score (nSPS) is 16.4. The van der Waals surface area contributed by atoms with Crippen LogP contribution in [0.1, 0.15) is 34.7 Å². The average Bonchev–Trinajstić information content (AvgIpc) is 3.18. The van der Waals surface area contributed by atoms with Gasteiger partial charge in [-0.1, -0.05) is 72.8 Å². The van der Waals surface area contributed by atoms with Gasteiger partial charge in [0.2, 0.25) is 0 Å². The van der Waals surface area contributed by atoms with Crippen LogP contribution in [0.4, 0.5) is 5.69 Å². The molecule has 1 fully saturated rings. The van der Waals surface area contributed by atoms with Crippen molar-refractivity contribution in [2.24, 2.45) is 0 Å². The molecule has 174 valence electrons. The summed E-state index contributed by atoms with van der Waals surface area (Å²) in [6, 6.07) is 22.7. The van der Waals surface area contributed by atoms with Crippen LogP contribution in [0.3, 0.4) is 0 Å². The molecule has 34 heavy (non-hydrogen) atoms. The Kier molecular flexibility index (Phi) is 7.76. The van der Waals surface area contributed by atoms with E-state index in [1.807, 2.05) is 36.4 Å². The van der Waals surface area contributed by atoms with E-state index in [2.05, 4.69) is 73.5 Å². The number of ether oxygens (including phenoxy) is 1. The van der Waals surface area contributed by atoms with Crippen LogP contribution < -0.4 is 15.4 Å². The molecule has 3 aromatic rings. The first-order valence-electron chi connectivity index (χ1n) is 11.5. The molecule has 0 saturated carbocycles. The Hall–Kier alpha value is -3.44. The molecular formula is C29H30N2O2S. The monoisotopic (exact) mass is 470 g/mol. The van der Waals surface area contributed by atoms with Crippen LogP contribution >= 0.6 is 11.8 Å². The third kappa shape index (κ3) is 6.12. The van der Waals surface area contributed by atoms with Crippen LogP contribution in [0.2, 0.25) is 0 Å². The number of aryl methyl sites for hydroxylation is 2. The quantitative estimate of drug-likeness (QED) is 0.278. The molecular weight excluding hydrogens is 440 g/mol. The van der Waals surface area contributed by atoms with Crippen LogP contribution in [-0.4, -0.2) is 11.4 Å². The zero-order chi connectivity index (χ0) is 23.9. The van der Waals surface area contributed by atoms with Crippen LogP contribution in [-0.2, 0) is 24.2 Å². The SMILES string of the molecule is C=CCc1cc(/C=C2\S[C@@H](Nc3ccc(CC)cc3)NC2=O)ccc1OCc1ccc(C)cc1. The molecule has 3 aromatic carbocycles. The van der Waals surface area contributed by atoms with E-state index in [0.717, 1.165) is 34.5 Å². The number of allylic oxidation sites excluding steroid dienone is 1. The Labute approximate surface area is 206 Å². The zero-order valence-electron chi connectivity index (χ0n) is 19.6. The Bertz CT molecular complexity index is 1180. The predicted molar refractivity (Wildman–Crippen MR) is 143 cm³/mol. The second kappa shape index (κ2) is 11.1. The smallest absolute Gasteiger partial charge is 0.260 e. The molecule has 0 aromatic heterocycles. The fourth-order valence-electron chi connectivity index (χ4n) is 3.70. The lowest BCUT2D eigenvalue weighted by Gasteiger charge is -2.13. The van der Waals surface area contributed by atoms with E-state index < -0.39 is 0 Å². The highest BCUT2D eigenvalue weighted by Gasteiger charge is 2.27. The minimum Gasteiger partial charge on any atom is -0.489 e. The number of hydrogen-bond donors (Lipinski definition) is 2. The lowest BCUT2D eigenvalue weighted by molar-refractivity contribution is -0.116. The third-order valence-corrected chi connectivity index (χ3v) is 6.68. The number of amides is 1. The molecule has 0 aliphatic carbocycles. The number of hydrogen-bond acceptors (Lipinski definition) is 4. The van der Waals surface area contributed by atoms with Crippen molar-refractivity contribution in [2.75, 3.05) is 5.32 Å². The molecule has 4 rings (SSSR count). The highest BCUT2D eigenvalue weighted by atomic mass is 32.2. The molecule has 0 bridgehead atoms. The minimum absolute atomic E-state index is 0.0716. The maximum absolute atomic E-state index is 12.6. The summed E-state index contributed by atoms with van der Waals surface area (Å²) in [5.41, 5.74) is 6.44. The number of carbonyl (C=O) groups is 1. The Morgan fingerprint density at radius 1 is 1.06 bits per heavy atom. The first kappa shape index (κ1) is 23.7. The Balaban J connectivity index is 1.44. The summed E-state index contributed by atoms with van der Waals surface area (Å²) >= 11 is 1.49. The van der Waals surface area contributed by atoms with Gasteiger partial charge < -0.3 is 15.4 Å². The van der Waals surface area contributed by atoms with Gasteiger partial charge in [-0.2, -0.15) is 0 Å². The maximum atomic E-state index is 12.6. The van der Waals surface area contributed by atoms with E-state index in [-0.39, 0.29) is 11.4 Å². The van der Waals surface area contributed by atoms with Gasteiger partial charge in [-0.25, -0.2) is 0 Å². The first-order chi connectivity index (χ1) is 16.5. The number of benzene rings is 3. The molecule has 1 heterocycles. The predicted octanol–water partition coefficient (Wildman–Crippen LogP) is 6.46. The van der Waals surface area contributed by atoms with Gasteiger partial charge in [0.05, 0.1) is 4.91 Å². The topological polar surface area (TPSA) is 50.4 Å². The average molecular weight is 471 g/mol. The summed E-state index contributed by atoms with van der Waals surface area (Å²) < 4.78 is 6.10. The van der Waals surface area contributed by atoms with Crippen LogP contribution in [0, 0.1) is 6.92 Å². The highest BCUT2D eigenvalue weighted by molar-refractivity contribution is 8.05. The van der Waals surface area contributed by atoms with Crippen molar-refractivity contribution in [3.8, 4) is 5.75 Å². The summed E-state index contributed by atoms with van der Waals surface area (Å²) in [6.45, 7) is 8.60. The molecule has 1 aliphatic rings. The van der Waals surface area contributed by atoms with E-state index >= 15 is 0 Å². The van der Waals surface area contributed by atoms with Crippen molar-refractivity contribution >= 4 is 29.4 Å². The fraction of sp³-hybridized carbons (Fsp3) is 0.207. The molecule has 2 N–H and O–H groups in total. The molecule has 0 unspecified atom stereocenters. The van der Waals surface area contributed by atoms with E-state index in [9.17, 15) is 4.79 Å². The van der Waals surface area contributed by atoms with Crippen molar-refractivity contribution in [3.63, 3.8) is 0 Å². The molecule has 1 atom stereocenters. The van der Waals surface area contributed by atoms with E-state index in [0.29, 0.717) is 17.9 Å². The van der Waals surface area contributed by atoms with Gasteiger partial charge in [-0.3, -0.25) is 4.79 Å². The highest BCUT2D eigenvalue weighted by Crippen LogP contribution is 2.31. The molecule has 5 heteroatoms. The molecule has 1 aliphatic heterocycles. The number of thioether (sulfide) groups is 1. The Morgan fingerprint density at radius 3 is 2.50 bits per heavy atom. The maximum Gasteiger partial charge on any atom is 0.260 e. The van der Waals surface area contributed by atoms with Gasteiger partial charge in [0, 0.05) is 5.69 Å². The van der Waals surface area contributed by atoms with Crippen molar-refractivity contribution in [1.29, 1.82) is 0 Å². The van der Waals surface area contributed by atoms with E-state index in [4.69, 9.17) is 4.74 Å². The van der Waals surface area contributed by atoms with Gasteiger partial charge in [-0.05, 0) is 72.4 Å². The lowest BCUT2D eigenvalue weighted by atomic mass is 10.1. The summed E-state index contributed by atoms with van der Waals surface area (Å²) in [4.78, 5) is 13.2. The Morgan fingerprint density at radius 2 is 1.79 bits per heavy atom. The van der Waals surface area contributed by atoms with Gasteiger partial charge in [0.15, 0.2) is 5.50 Å². The van der Waals surface area contributed by atoms with Crippen LogP contribution in [0.25, 0.3) is 6.08 Å². The van der Waals surface area contributed by atoms with Crippen LogP contribution in [0.15, 0.2) is 84.3 Å².